The summed E-state index contributed by atoms with van der Waals surface area (Å²) in [5.41, 5.74) is 2.93. The van der Waals surface area contributed by atoms with Gasteiger partial charge < -0.3 is 4.84 Å². The summed E-state index contributed by atoms with van der Waals surface area (Å²) in [5, 5.41) is 3.83. The van der Waals surface area contributed by atoms with Crippen molar-refractivity contribution in [2.24, 2.45) is 5.16 Å². The molecule has 2 rings (SSSR count). The molecule has 2 aromatic carbocycles. The van der Waals surface area contributed by atoms with Crippen LogP contribution >= 0.6 is 0 Å². The first-order valence-corrected chi connectivity index (χ1v) is 6.24. The van der Waals surface area contributed by atoms with Crippen molar-refractivity contribution in [1.29, 1.82) is 0 Å². The van der Waals surface area contributed by atoms with Gasteiger partial charge in [-0.25, -0.2) is 8.78 Å². The lowest BCUT2D eigenvalue weighted by Gasteiger charge is -2.01. The van der Waals surface area contributed by atoms with Gasteiger partial charge in [0.1, 0.15) is 6.61 Å². The Bertz CT molecular complexity index is 579. The molecule has 0 heterocycles. The van der Waals surface area contributed by atoms with Crippen molar-refractivity contribution in [3.63, 3.8) is 0 Å². The number of alkyl halides is 2. The van der Waals surface area contributed by atoms with Crippen molar-refractivity contribution in [1.82, 2.24) is 0 Å². The number of halogens is 2. The van der Waals surface area contributed by atoms with Crippen LogP contribution in [0, 0.1) is 6.92 Å². The SMILES string of the molecule is Cc1cccc(CON=Cc2ccc(C(F)F)cc2)c1. The van der Waals surface area contributed by atoms with Gasteiger partial charge in [-0.15, -0.1) is 0 Å². The molecule has 0 spiro atoms. The lowest BCUT2D eigenvalue weighted by Crippen LogP contribution is -1.90. The van der Waals surface area contributed by atoms with Crippen LogP contribution in [0.1, 0.15) is 28.7 Å². The van der Waals surface area contributed by atoms with Crippen molar-refractivity contribution in [3.8, 4) is 0 Å². The summed E-state index contributed by atoms with van der Waals surface area (Å²) in [6.07, 6.45) is -0.941. The standard InChI is InChI=1S/C16H15F2NO/c1-12-3-2-4-14(9-12)11-20-19-10-13-5-7-15(8-6-13)16(17)18/h2-10,16H,11H2,1H3. The van der Waals surface area contributed by atoms with Crippen molar-refractivity contribution in [2.75, 3.05) is 0 Å². The molecule has 0 aromatic heterocycles. The van der Waals surface area contributed by atoms with Gasteiger partial charge in [-0.2, -0.15) is 0 Å². The smallest absolute Gasteiger partial charge is 0.263 e. The Hall–Kier alpha value is -2.23. The number of aryl methyl sites for hydroxylation is 1. The summed E-state index contributed by atoms with van der Waals surface area (Å²) in [4.78, 5) is 5.18. The lowest BCUT2D eigenvalue weighted by atomic mass is 10.1. The number of hydrogen-bond acceptors (Lipinski definition) is 2. The van der Waals surface area contributed by atoms with E-state index < -0.39 is 6.43 Å². The van der Waals surface area contributed by atoms with E-state index in [0.29, 0.717) is 6.61 Å². The molecular weight excluding hydrogens is 260 g/mol. The van der Waals surface area contributed by atoms with Crippen LogP contribution in [0.4, 0.5) is 8.78 Å². The zero-order chi connectivity index (χ0) is 14.4. The molecule has 0 unspecified atom stereocenters. The predicted octanol–water partition coefficient (Wildman–Crippen LogP) is 4.48. The Morgan fingerprint density at radius 1 is 1.15 bits per heavy atom. The topological polar surface area (TPSA) is 21.6 Å². The largest absolute Gasteiger partial charge is 0.391 e. The molecule has 0 saturated carbocycles. The van der Waals surface area contributed by atoms with Gasteiger partial charge in [-0.05, 0) is 18.1 Å². The van der Waals surface area contributed by atoms with E-state index in [1.54, 1.807) is 12.1 Å². The molecule has 0 radical (unpaired) electrons. The van der Waals surface area contributed by atoms with Gasteiger partial charge >= 0.3 is 0 Å². The van der Waals surface area contributed by atoms with Crippen LogP contribution in [-0.2, 0) is 11.4 Å². The van der Waals surface area contributed by atoms with E-state index in [-0.39, 0.29) is 5.56 Å². The molecule has 2 nitrogen and oxygen atoms in total. The molecule has 0 atom stereocenters. The number of benzene rings is 2. The summed E-state index contributed by atoms with van der Waals surface area (Å²) >= 11 is 0. The zero-order valence-corrected chi connectivity index (χ0v) is 11.1. The van der Waals surface area contributed by atoms with Crippen molar-refractivity contribution >= 4 is 6.21 Å². The van der Waals surface area contributed by atoms with Crippen LogP contribution in [0.5, 0.6) is 0 Å². The fraction of sp³-hybridized carbons (Fsp3) is 0.188. The van der Waals surface area contributed by atoms with E-state index in [1.807, 2.05) is 31.2 Å². The molecule has 0 aliphatic heterocycles. The highest BCUT2D eigenvalue weighted by Gasteiger charge is 2.04. The number of hydrogen-bond donors (Lipinski definition) is 0. The van der Waals surface area contributed by atoms with Gasteiger partial charge in [0.15, 0.2) is 0 Å². The molecule has 0 aliphatic rings. The van der Waals surface area contributed by atoms with E-state index in [9.17, 15) is 8.78 Å². The van der Waals surface area contributed by atoms with Gasteiger partial charge in [-0.1, -0.05) is 59.3 Å². The van der Waals surface area contributed by atoms with Crippen LogP contribution in [0.3, 0.4) is 0 Å². The minimum atomic E-state index is -2.45. The normalized spacial score (nSPS) is 11.2. The Morgan fingerprint density at radius 3 is 2.55 bits per heavy atom. The second-order valence-corrected chi connectivity index (χ2v) is 4.46. The van der Waals surface area contributed by atoms with Crippen LogP contribution in [-0.4, -0.2) is 6.21 Å². The Morgan fingerprint density at radius 2 is 1.90 bits per heavy atom. The van der Waals surface area contributed by atoms with Crippen LogP contribution < -0.4 is 0 Å². The predicted molar refractivity (Wildman–Crippen MR) is 75.0 cm³/mol. The van der Waals surface area contributed by atoms with E-state index in [1.165, 1.54) is 18.3 Å². The molecule has 104 valence electrons. The van der Waals surface area contributed by atoms with Crippen LogP contribution in [0.25, 0.3) is 0 Å². The maximum atomic E-state index is 12.4. The Kier molecular flexibility index (Phi) is 4.82. The Labute approximate surface area is 116 Å². The quantitative estimate of drug-likeness (QED) is 0.582. The lowest BCUT2D eigenvalue weighted by molar-refractivity contribution is 0.132. The molecule has 0 amide bonds. The maximum Gasteiger partial charge on any atom is 0.263 e. The first-order valence-electron chi connectivity index (χ1n) is 6.24. The number of oxime groups is 1. The van der Waals surface area contributed by atoms with Gasteiger partial charge in [0.2, 0.25) is 0 Å². The summed E-state index contributed by atoms with van der Waals surface area (Å²) in [5.74, 6) is 0. The molecule has 0 bridgehead atoms. The fourth-order valence-electron chi connectivity index (χ4n) is 1.74. The van der Waals surface area contributed by atoms with E-state index in [4.69, 9.17) is 4.84 Å². The van der Waals surface area contributed by atoms with Gasteiger partial charge in [0.25, 0.3) is 6.43 Å². The van der Waals surface area contributed by atoms with E-state index in [0.717, 1.165) is 16.7 Å². The van der Waals surface area contributed by atoms with Gasteiger partial charge in [0.05, 0.1) is 6.21 Å². The summed E-state index contributed by atoms with van der Waals surface area (Å²) in [6.45, 7) is 2.39. The summed E-state index contributed by atoms with van der Waals surface area (Å²) < 4.78 is 24.7. The van der Waals surface area contributed by atoms with Gasteiger partial charge in [0, 0.05) is 5.56 Å². The molecule has 0 saturated heterocycles. The van der Waals surface area contributed by atoms with Crippen molar-refractivity contribution < 1.29 is 13.6 Å². The monoisotopic (exact) mass is 275 g/mol. The average molecular weight is 275 g/mol. The van der Waals surface area contributed by atoms with Crippen LogP contribution in [0.2, 0.25) is 0 Å². The third-order valence-electron chi connectivity index (χ3n) is 2.78. The molecule has 0 N–H and O–H groups in total. The molecular formula is C16H15F2NO. The maximum absolute atomic E-state index is 12.4. The molecule has 20 heavy (non-hydrogen) atoms. The summed E-state index contributed by atoms with van der Waals surface area (Å²) in [6, 6.07) is 13.9. The second kappa shape index (κ2) is 6.80. The first-order chi connectivity index (χ1) is 9.65. The van der Waals surface area contributed by atoms with Crippen molar-refractivity contribution in [3.05, 3.63) is 70.8 Å². The minimum Gasteiger partial charge on any atom is -0.391 e. The highest BCUT2D eigenvalue weighted by Crippen LogP contribution is 2.18. The molecule has 2 aromatic rings. The fourth-order valence-corrected chi connectivity index (χ4v) is 1.74. The first kappa shape index (κ1) is 14.2. The summed E-state index contributed by atoms with van der Waals surface area (Å²) in [7, 11) is 0. The zero-order valence-electron chi connectivity index (χ0n) is 11.1. The van der Waals surface area contributed by atoms with E-state index >= 15 is 0 Å². The van der Waals surface area contributed by atoms with E-state index in [2.05, 4.69) is 5.16 Å². The molecule has 4 heteroatoms. The highest BCUT2D eigenvalue weighted by atomic mass is 19.3. The molecule has 0 fully saturated rings. The second-order valence-electron chi connectivity index (χ2n) is 4.46. The number of rotatable bonds is 5. The van der Waals surface area contributed by atoms with Crippen molar-refractivity contribution in [2.45, 2.75) is 20.0 Å². The highest BCUT2D eigenvalue weighted by molar-refractivity contribution is 5.79. The molecule has 0 aliphatic carbocycles. The average Bonchev–Trinajstić information content (AvgIpc) is 2.44. The minimum absolute atomic E-state index is 0.00262. The van der Waals surface area contributed by atoms with Gasteiger partial charge in [-0.3, -0.25) is 0 Å². The third kappa shape index (κ3) is 4.16. The van der Waals surface area contributed by atoms with Crippen LogP contribution in [0.15, 0.2) is 53.7 Å². The third-order valence-corrected chi connectivity index (χ3v) is 2.78. The number of nitrogens with zero attached hydrogens (tertiary/aromatic N) is 1. The Balaban J connectivity index is 1.87.